The summed E-state index contributed by atoms with van der Waals surface area (Å²) in [5.41, 5.74) is 2.41. The highest BCUT2D eigenvalue weighted by molar-refractivity contribution is 5.97. The predicted octanol–water partition coefficient (Wildman–Crippen LogP) is 2.16. The van der Waals surface area contributed by atoms with E-state index in [-0.39, 0.29) is 24.2 Å². The molecule has 2 fully saturated rings. The van der Waals surface area contributed by atoms with Gasteiger partial charge in [-0.05, 0) is 49.8 Å². The average molecular weight is 395 g/mol. The summed E-state index contributed by atoms with van der Waals surface area (Å²) in [6, 6.07) is 5.84. The van der Waals surface area contributed by atoms with Crippen LogP contribution in [-0.2, 0) is 13.1 Å². The number of carbonyl (C=O) groups is 1. The summed E-state index contributed by atoms with van der Waals surface area (Å²) in [7, 11) is 0. The fourth-order valence-corrected chi connectivity index (χ4v) is 4.37. The maximum absolute atomic E-state index is 13.3. The number of rotatable bonds is 6. The van der Waals surface area contributed by atoms with Gasteiger partial charge in [-0.1, -0.05) is 24.5 Å². The topological polar surface area (TPSA) is 110 Å². The van der Waals surface area contributed by atoms with Crippen LogP contribution in [0.15, 0.2) is 23.0 Å². The Balaban J connectivity index is 1.49. The number of carbonyl (C=O) groups excluding carboxylic acids is 1. The molecule has 0 saturated heterocycles. The standard InChI is InChI=1S/C20H25N7O2/c28-19(21-11-18-22-24-25-23-18)14-8-9-16-17(10-14)26(12-13-6-7-13)20(29)27(16)15-4-2-1-3-5-15/h8-10,13,15H,1-7,11-12H2,(H,21,28)(H,22,23,24,25). The molecular formula is C20H25N7O2. The van der Waals surface area contributed by atoms with E-state index < -0.39 is 0 Å². The molecule has 2 saturated carbocycles. The van der Waals surface area contributed by atoms with E-state index in [1.165, 1.54) is 32.1 Å². The SMILES string of the molecule is O=C(NCc1nn[nH]n1)c1ccc2c(c1)n(CC1CC1)c(=O)n2C1CCCCC1. The van der Waals surface area contributed by atoms with E-state index in [1.54, 1.807) is 6.07 Å². The fraction of sp³-hybridized carbons (Fsp3) is 0.550. The summed E-state index contributed by atoms with van der Waals surface area (Å²) in [5.74, 6) is 0.787. The van der Waals surface area contributed by atoms with Gasteiger partial charge in [0.25, 0.3) is 5.91 Å². The Bertz CT molecular complexity index is 1070. The molecule has 152 valence electrons. The van der Waals surface area contributed by atoms with Gasteiger partial charge >= 0.3 is 5.69 Å². The van der Waals surface area contributed by atoms with E-state index in [1.807, 2.05) is 21.3 Å². The second kappa shape index (κ2) is 7.46. The summed E-state index contributed by atoms with van der Waals surface area (Å²) in [4.78, 5) is 25.9. The summed E-state index contributed by atoms with van der Waals surface area (Å²) >= 11 is 0. The first-order valence-electron chi connectivity index (χ1n) is 10.5. The lowest BCUT2D eigenvalue weighted by molar-refractivity contribution is 0.0950. The van der Waals surface area contributed by atoms with Crippen molar-refractivity contribution in [2.75, 3.05) is 0 Å². The zero-order valence-electron chi connectivity index (χ0n) is 16.3. The lowest BCUT2D eigenvalue weighted by Gasteiger charge is -2.23. The minimum Gasteiger partial charge on any atom is -0.345 e. The molecule has 0 radical (unpaired) electrons. The van der Waals surface area contributed by atoms with Crippen molar-refractivity contribution in [3.8, 4) is 0 Å². The van der Waals surface area contributed by atoms with Crippen molar-refractivity contribution in [3.63, 3.8) is 0 Å². The highest BCUT2D eigenvalue weighted by atomic mass is 16.2. The van der Waals surface area contributed by atoms with Gasteiger partial charge in [0.2, 0.25) is 0 Å². The Morgan fingerprint density at radius 2 is 1.97 bits per heavy atom. The number of tetrazole rings is 1. The maximum atomic E-state index is 13.3. The number of amides is 1. The van der Waals surface area contributed by atoms with E-state index in [4.69, 9.17) is 0 Å². The lowest BCUT2D eigenvalue weighted by Crippen LogP contribution is -2.29. The quantitative estimate of drug-likeness (QED) is 0.664. The summed E-state index contributed by atoms with van der Waals surface area (Å²) in [5, 5.41) is 16.3. The second-order valence-corrected chi connectivity index (χ2v) is 8.21. The molecule has 5 rings (SSSR count). The van der Waals surface area contributed by atoms with E-state index in [2.05, 4.69) is 25.9 Å². The van der Waals surface area contributed by atoms with Crippen LogP contribution in [0.4, 0.5) is 0 Å². The van der Waals surface area contributed by atoms with Crippen molar-refractivity contribution in [1.82, 2.24) is 35.1 Å². The maximum Gasteiger partial charge on any atom is 0.329 e. The molecule has 2 aliphatic carbocycles. The van der Waals surface area contributed by atoms with E-state index in [0.29, 0.717) is 17.3 Å². The molecule has 9 heteroatoms. The Hall–Kier alpha value is -2.97. The molecule has 2 N–H and O–H groups in total. The molecule has 0 aliphatic heterocycles. The average Bonchev–Trinajstić information content (AvgIpc) is 3.33. The highest BCUT2D eigenvalue weighted by Gasteiger charge is 2.27. The number of hydrogen-bond donors (Lipinski definition) is 2. The van der Waals surface area contributed by atoms with Crippen LogP contribution in [0.3, 0.4) is 0 Å². The number of benzene rings is 1. The molecule has 0 atom stereocenters. The number of nitrogens with zero attached hydrogens (tertiary/aromatic N) is 5. The molecule has 0 unspecified atom stereocenters. The van der Waals surface area contributed by atoms with Crippen LogP contribution < -0.4 is 11.0 Å². The molecule has 2 aromatic heterocycles. The van der Waals surface area contributed by atoms with Crippen LogP contribution in [-0.4, -0.2) is 35.7 Å². The van der Waals surface area contributed by atoms with Crippen molar-refractivity contribution < 1.29 is 4.79 Å². The second-order valence-electron chi connectivity index (χ2n) is 8.21. The largest absolute Gasteiger partial charge is 0.345 e. The molecule has 0 spiro atoms. The Morgan fingerprint density at radius 1 is 1.14 bits per heavy atom. The van der Waals surface area contributed by atoms with Gasteiger partial charge in [0.1, 0.15) is 0 Å². The summed E-state index contributed by atoms with van der Waals surface area (Å²) in [6.45, 7) is 0.939. The van der Waals surface area contributed by atoms with Crippen LogP contribution in [0.1, 0.15) is 67.2 Å². The van der Waals surface area contributed by atoms with Gasteiger partial charge in [-0.3, -0.25) is 13.9 Å². The molecule has 0 bridgehead atoms. The van der Waals surface area contributed by atoms with E-state index in [0.717, 1.165) is 30.4 Å². The van der Waals surface area contributed by atoms with Gasteiger partial charge < -0.3 is 5.32 Å². The first kappa shape index (κ1) is 18.1. The fourth-order valence-electron chi connectivity index (χ4n) is 4.37. The number of aromatic amines is 1. The number of imidazole rings is 1. The van der Waals surface area contributed by atoms with Gasteiger partial charge in [-0.15, -0.1) is 10.2 Å². The summed E-state index contributed by atoms with van der Waals surface area (Å²) in [6.07, 6.45) is 8.04. The van der Waals surface area contributed by atoms with Crippen molar-refractivity contribution in [2.24, 2.45) is 5.92 Å². The van der Waals surface area contributed by atoms with Crippen molar-refractivity contribution in [2.45, 2.75) is 64.1 Å². The zero-order valence-corrected chi connectivity index (χ0v) is 16.3. The first-order valence-corrected chi connectivity index (χ1v) is 10.5. The highest BCUT2D eigenvalue weighted by Crippen LogP contribution is 2.33. The van der Waals surface area contributed by atoms with Crippen LogP contribution in [0.25, 0.3) is 11.0 Å². The lowest BCUT2D eigenvalue weighted by atomic mass is 9.95. The molecule has 1 amide bonds. The third-order valence-corrected chi connectivity index (χ3v) is 6.10. The van der Waals surface area contributed by atoms with Crippen molar-refractivity contribution in [3.05, 3.63) is 40.1 Å². The first-order chi connectivity index (χ1) is 14.2. The Labute approximate surface area is 167 Å². The third-order valence-electron chi connectivity index (χ3n) is 6.10. The van der Waals surface area contributed by atoms with Gasteiger partial charge in [0.15, 0.2) is 5.82 Å². The molecule has 2 heterocycles. The predicted molar refractivity (Wildman–Crippen MR) is 106 cm³/mol. The van der Waals surface area contributed by atoms with Crippen LogP contribution >= 0.6 is 0 Å². The van der Waals surface area contributed by atoms with Gasteiger partial charge in [-0.25, -0.2) is 4.79 Å². The molecular weight excluding hydrogens is 370 g/mol. The summed E-state index contributed by atoms with van der Waals surface area (Å²) < 4.78 is 3.87. The van der Waals surface area contributed by atoms with E-state index in [9.17, 15) is 9.59 Å². The minimum atomic E-state index is -0.215. The monoisotopic (exact) mass is 395 g/mol. The molecule has 2 aliphatic rings. The Morgan fingerprint density at radius 3 is 2.69 bits per heavy atom. The number of nitrogens with one attached hydrogen (secondary N) is 2. The molecule has 29 heavy (non-hydrogen) atoms. The molecule has 3 aromatic rings. The van der Waals surface area contributed by atoms with Crippen LogP contribution in [0.5, 0.6) is 0 Å². The van der Waals surface area contributed by atoms with Gasteiger partial charge in [-0.2, -0.15) is 5.21 Å². The minimum absolute atomic E-state index is 0.0724. The van der Waals surface area contributed by atoms with Gasteiger partial charge in [0.05, 0.1) is 17.6 Å². The molecule has 9 nitrogen and oxygen atoms in total. The van der Waals surface area contributed by atoms with E-state index >= 15 is 0 Å². The van der Waals surface area contributed by atoms with Crippen LogP contribution in [0, 0.1) is 5.92 Å². The third kappa shape index (κ3) is 3.56. The Kier molecular flexibility index (Phi) is 4.65. The molecule has 1 aromatic carbocycles. The number of fused-ring (bicyclic) bond motifs is 1. The normalized spacial score (nSPS) is 17.7. The van der Waals surface area contributed by atoms with Crippen molar-refractivity contribution >= 4 is 16.9 Å². The van der Waals surface area contributed by atoms with Gasteiger partial charge in [0, 0.05) is 18.2 Å². The number of aromatic nitrogens is 6. The van der Waals surface area contributed by atoms with Crippen LogP contribution in [0.2, 0.25) is 0 Å². The number of H-pyrrole nitrogens is 1. The smallest absolute Gasteiger partial charge is 0.329 e. The van der Waals surface area contributed by atoms with Crippen molar-refractivity contribution in [1.29, 1.82) is 0 Å². The zero-order chi connectivity index (χ0) is 19.8. The number of hydrogen-bond acceptors (Lipinski definition) is 5.